The first-order chi connectivity index (χ1) is 12.9. The largest absolute Gasteiger partial charge is 0.390 e. The summed E-state index contributed by atoms with van der Waals surface area (Å²) < 4.78 is 42.1. The van der Waals surface area contributed by atoms with E-state index in [2.05, 4.69) is 25.8 Å². The monoisotopic (exact) mass is 383 g/mol. The minimum absolute atomic E-state index is 0.225. The lowest BCUT2D eigenvalue weighted by molar-refractivity contribution is -0.132. The Bertz CT molecular complexity index is 743. The summed E-state index contributed by atoms with van der Waals surface area (Å²) in [6.45, 7) is 4.53. The van der Waals surface area contributed by atoms with E-state index in [1.807, 2.05) is 38.1 Å². The Morgan fingerprint density at radius 2 is 2.04 bits per heavy atom. The van der Waals surface area contributed by atoms with Gasteiger partial charge in [-0.05, 0) is 31.0 Å². The van der Waals surface area contributed by atoms with Gasteiger partial charge in [0.2, 0.25) is 0 Å². The maximum atomic E-state index is 12.3. The lowest BCUT2D eigenvalue weighted by atomic mass is 10.1. The van der Waals surface area contributed by atoms with E-state index < -0.39 is 12.6 Å². The van der Waals surface area contributed by atoms with Crippen molar-refractivity contribution >= 4 is 5.96 Å². The summed E-state index contributed by atoms with van der Waals surface area (Å²) >= 11 is 0. The second-order valence-corrected chi connectivity index (χ2v) is 5.95. The number of benzene rings is 1. The number of hydrogen-bond acceptors (Lipinski definition) is 4. The van der Waals surface area contributed by atoms with Gasteiger partial charge in [0.15, 0.2) is 11.8 Å². The molecule has 0 fully saturated rings. The molecule has 0 unspecified atom stereocenters. The summed E-state index contributed by atoms with van der Waals surface area (Å²) in [6.07, 6.45) is -3.42. The summed E-state index contributed by atoms with van der Waals surface area (Å²) in [5.74, 6) is 1.45. The highest BCUT2D eigenvalue weighted by Gasteiger charge is 2.26. The number of aryl methyl sites for hydroxylation is 1. The third-order valence-corrected chi connectivity index (χ3v) is 3.58. The molecule has 0 radical (unpaired) electrons. The first-order valence-corrected chi connectivity index (χ1v) is 8.92. The van der Waals surface area contributed by atoms with Crippen molar-refractivity contribution in [3.63, 3.8) is 0 Å². The predicted octanol–water partition coefficient (Wildman–Crippen LogP) is 3.70. The number of alkyl halides is 3. The van der Waals surface area contributed by atoms with E-state index in [-0.39, 0.29) is 6.54 Å². The molecule has 0 aliphatic rings. The molecule has 0 amide bonds. The maximum absolute atomic E-state index is 12.3. The van der Waals surface area contributed by atoms with Gasteiger partial charge in [-0.25, -0.2) is 4.99 Å². The number of rotatable bonds is 8. The highest BCUT2D eigenvalue weighted by molar-refractivity contribution is 5.79. The van der Waals surface area contributed by atoms with E-state index in [1.165, 1.54) is 0 Å². The van der Waals surface area contributed by atoms with Crippen LogP contribution in [0.4, 0.5) is 13.2 Å². The van der Waals surface area contributed by atoms with E-state index in [0.29, 0.717) is 30.8 Å². The summed E-state index contributed by atoms with van der Waals surface area (Å²) in [5, 5.41) is 9.56. The van der Waals surface area contributed by atoms with Crippen LogP contribution in [0.15, 0.2) is 33.8 Å². The molecule has 2 rings (SSSR count). The molecule has 0 bridgehead atoms. The van der Waals surface area contributed by atoms with Crippen LogP contribution in [0.2, 0.25) is 0 Å². The Morgan fingerprint density at radius 3 is 2.74 bits per heavy atom. The highest BCUT2D eigenvalue weighted by atomic mass is 19.4. The molecule has 1 aromatic carbocycles. The number of aliphatic imine (C=N–C) groups is 1. The van der Waals surface area contributed by atoms with Crippen molar-refractivity contribution in [3.8, 4) is 11.5 Å². The zero-order chi connectivity index (χ0) is 19.7. The van der Waals surface area contributed by atoms with E-state index in [1.54, 1.807) is 0 Å². The van der Waals surface area contributed by atoms with Crippen LogP contribution in [0.3, 0.4) is 0 Å². The predicted molar refractivity (Wildman–Crippen MR) is 97.2 cm³/mol. The van der Waals surface area contributed by atoms with Crippen LogP contribution in [0.5, 0.6) is 0 Å². The van der Waals surface area contributed by atoms with Crippen LogP contribution in [-0.2, 0) is 13.0 Å². The van der Waals surface area contributed by atoms with Gasteiger partial charge >= 0.3 is 6.18 Å². The van der Waals surface area contributed by atoms with Crippen LogP contribution >= 0.6 is 0 Å². The second-order valence-electron chi connectivity index (χ2n) is 5.95. The standard InChI is InChI=1S/C18H24F3N5O/c1-3-6-15-25-16(27-26-15)14-8-5-7-13(11-14)12-24-17(22-4-2)23-10-9-18(19,20)21/h5,7-8,11H,3-4,6,9-10,12H2,1-2H3,(H2,22,23,24). The number of halogens is 3. The van der Waals surface area contributed by atoms with Crippen molar-refractivity contribution in [2.24, 2.45) is 4.99 Å². The van der Waals surface area contributed by atoms with Gasteiger partial charge in [-0.3, -0.25) is 0 Å². The molecule has 2 N–H and O–H groups in total. The van der Waals surface area contributed by atoms with E-state index in [0.717, 1.165) is 24.0 Å². The second kappa shape index (κ2) is 9.94. The molecule has 27 heavy (non-hydrogen) atoms. The van der Waals surface area contributed by atoms with E-state index in [4.69, 9.17) is 4.52 Å². The van der Waals surface area contributed by atoms with Gasteiger partial charge in [0.25, 0.3) is 5.89 Å². The molecule has 9 heteroatoms. The number of aromatic nitrogens is 2. The fraction of sp³-hybridized carbons (Fsp3) is 0.500. The molecule has 0 aliphatic carbocycles. The smallest absolute Gasteiger partial charge is 0.357 e. The van der Waals surface area contributed by atoms with Gasteiger partial charge < -0.3 is 15.2 Å². The van der Waals surface area contributed by atoms with Crippen molar-refractivity contribution in [2.45, 2.75) is 45.8 Å². The first kappa shape index (κ1) is 20.7. The topological polar surface area (TPSA) is 75.3 Å². The third kappa shape index (κ3) is 7.28. The zero-order valence-electron chi connectivity index (χ0n) is 15.4. The van der Waals surface area contributed by atoms with Gasteiger partial charge in [0.05, 0.1) is 13.0 Å². The Labute approximate surface area is 156 Å². The van der Waals surface area contributed by atoms with E-state index >= 15 is 0 Å². The minimum Gasteiger partial charge on any atom is -0.357 e. The van der Waals surface area contributed by atoms with Gasteiger partial charge in [-0.2, -0.15) is 18.2 Å². The van der Waals surface area contributed by atoms with E-state index in [9.17, 15) is 13.2 Å². The molecule has 1 aromatic heterocycles. The zero-order valence-corrected chi connectivity index (χ0v) is 15.4. The molecule has 2 aromatic rings. The average Bonchev–Trinajstić information content (AvgIpc) is 3.08. The number of guanidine groups is 1. The van der Waals surface area contributed by atoms with Gasteiger partial charge in [-0.1, -0.05) is 24.2 Å². The quantitative estimate of drug-likeness (QED) is 0.537. The van der Waals surface area contributed by atoms with Gasteiger partial charge in [0, 0.05) is 25.1 Å². The normalized spacial score (nSPS) is 12.3. The Balaban J connectivity index is 2.02. The molecule has 0 atom stereocenters. The molecule has 0 saturated carbocycles. The van der Waals surface area contributed by atoms with Gasteiger partial charge in [-0.15, -0.1) is 0 Å². The van der Waals surface area contributed by atoms with Crippen molar-refractivity contribution < 1.29 is 17.7 Å². The molecule has 6 nitrogen and oxygen atoms in total. The lowest BCUT2D eigenvalue weighted by Gasteiger charge is -2.12. The van der Waals surface area contributed by atoms with Crippen LogP contribution in [-0.4, -0.2) is 35.4 Å². The highest BCUT2D eigenvalue weighted by Crippen LogP contribution is 2.20. The summed E-state index contributed by atoms with van der Waals surface area (Å²) in [7, 11) is 0. The lowest BCUT2D eigenvalue weighted by Crippen LogP contribution is -2.38. The Morgan fingerprint density at radius 1 is 1.22 bits per heavy atom. The molecule has 0 saturated heterocycles. The Hall–Kier alpha value is -2.58. The fourth-order valence-corrected chi connectivity index (χ4v) is 2.33. The maximum Gasteiger partial charge on any atom is 0.390 e. The van der Waals surface area contributed by atoms with Gasteiger partial charge in [0.1, 0.15) is 0 Å². The van der Waals surface area contributed by atoms with Crippen LogP contribution in [0.25, 0.3) is 11.5 Å². The van der Waals surface area contributed by atoms with Crippen LogP contribution in [0, 0.1) is 0 Å². The Kier molecular flexibility index (Phi) is 7.63. The molecule has 148 valence electrons. The minimum atomic E-state index is -4.20. The molecule has 0 aliphatic heterocycles. The van der Waals surface area contributed by atoms with Crippen molar-refractivity contribution in [1.82, 2.24) is 20.8 Å². The van der Waals surface area contributed by atoms with Crippen molar-refractivity contribution in [2.75, 3.05) is 13.1 Å². The first-order valence-electron chi connectivity index (χ1n) is 8.92. The van der Waals surface area contributed by atoms with Crippen LogP contribution < -0.4 is 10.6 Å². The molecular formula is C18H24F3N5O. The molecule has 0 spiro atoms. The molecule has 1 heterocycles. The summed E-state index contributed by atoms with van der Waals surface area (Å²) in [6, 6.07) is 7.48. The fourth-order valence-electron chi connectivity index (χ4n) is 2.33. The van der Waals surface area contributed by atoms with Crippen LogP contribution in [0.1, 0.15) is 38.1 Å². The number of nitrogens with zero attached hydrogens (tertiary/aromatic N) is 3. The SMILES string of the molecule is CCCc1noc(-c2cccc(CN=C(NCC)NCCC(F)(F)F)c2)n1. The third-order valence-electron chi connectivity index (χ3n) is 3.58. The molecular weight excluding hydrogens is 359 g/mol. The number of hydrogen-bond donors (Lipinski definition) is 2. The van der Waals surface area contributed by atoms with Crippen molar-refractivity contribution in [1.29, 1.82) is 0 Å². The van der Waals surface area contributed by atoms with Crippen molar-refractivity contribution in [3.05, 3.63) is 35.7 Å². The average molecular weight is 383 g/mol. The summed E-state index contributed by atoms with van der Waals surface area (Å²) in [4.78, 5) is 8.69. The summed E-state index contributed by atoms with van der Waals surface area (Å²) in [5.41, 5.74) is 1.67. The number of nitrogens with one attached hydrogen (secondary N) is 2.